The summed E-state index contributed by atoms with van der Waals surface area (Å²) in [5.41, 5.74) is 0.807. The van der Waals surface area contributed by atoms with E-state index in [4.69, 9.17) is 4.74 Å². The molecule has 0 saturated carbocycles. The van der Waals surface area contributed by atoms with E-state index in [9.17, 15) is 4.79 Å². The quantitative estimate of drug-likeness (QED) is 0.858. The molecule has 1 aliphatic rings. The molecule has 0 radical (unpaired) electrons. The van der Waals surface area contributed by atoms with E-state index < -0.39 is 0 Å². The second kappa shape index (κ2) is 6.76. The van der Waals surface area contributed by atoms with Crippen LogP contribution in [0.5, 0.6) is 5.75 Å². The van der Waals surface area contributed by atoms with Crippen molar-refractivity contribution in [3.8, 4) is 5.75 Å². The van der Waals surface area contributed by atoms with Gasteiger partial charge >= 0.3 is 0 Å². The van der Waals surface area contributed by atoms with Crippen LogP contribution in [0, 0.1) is 5.92 Å². The number of aromatic nitrogens is 4. The van der Waals surface area contributed by atoms with Crippen molar-refractivity contribution >= 4 is 11.6 Å². The van der Waals surface area contributed by atoms with E-state index in [2.05, 4.69) is 15.5 Å². The normalized spacial score (nSPS) is 17.2. The Morgan fingerprint density at radius 2 is 2.22 bits per heavy atom. The van der Waals surface area contributed by atoms with E-state index in [1.54, 1.807) is 9.58 Å². The minimum absolute atomic E-state index is 0.0433. The third-order valence-electron chi connectivity index (χ3n) is 4.22. The number of fused-ring (bicyclic) bond motifs is 1. The minimum Gasteiger partial charge on any atom is -0.492 e. The highest BCUT2D eigenvalue weighted by atomic mass is 16.5. The van der Waals surface area contributed by atoms with Crippen molar-refractivity contribution in [3.63, 3.8) is 0 Å². The van der Waals surface area contributed by atoms with Gasteiger partial charge in [-0.3, -0.25) is 4.79 Å². The molecule has 2 aromatic rings. The van der Waals surface area contributed by atoms with Gasteiger partial charge in [-0.2, -0.15) is 0 Å². The topological polar surface area (TPSA) is 73.1 Å². The van der Waals surface area contributed by atoms with Crippen molar-refractivity contribution in [1.29, 1.82) is 0 Å². The summed E-state index contributed by atoms with van der Waals surface area (Å²) in [5.74, 6) is 1.66. The van der Waals surface area contributed by atoms with Crippen LogP contribution >= 0.6 is 0 Å². The van der Waals surface area contributed by atoms with Gasteiger partial charge in [-0.05, 0) is 42.3 Å². The monoisotopic (exact) mass is 315 g/mol. The van der Waals surface area contributed by atoms with Gasteiger partial charge in [-0.25, -0.2) is 4.68 Å². The van der Waals surface area contributed by atoms with Crippen molar-refractivity contribution in [1.82, 2.24) is 20.2 Å². The molecule has 122 valence electrons. The summed E-state index contributed by atoms with van der Waals surface area (Å²) in [5, 5.41) is 11.7. The molecule has 0 fully saturated rings. The molecule has 1 aromatic carbocycles. The van der Waals surface area contributed by atoms with Crippen LogP contribution < -0.4 is 9.64 Å². The number of anilines is 1. The average molecular weight is 315 g/mol. The van der Waals surface area contributed by atoms with Gasteiger partial charge in [0, 0.05) is 25.9 Å². The number of carbonyl (C=O) groups is 1. The Labute approximate surface area is 135 Å². The molecule has 1 aliphatic heterocycles. The Kier molecular flexibility index (Phi) is 4.55. The molecule has 7 heteroatoms. The van der Waals surface area contributed by atoms with Crippen molar-refractivity contribution in [2.75, 3.05) is 18.6 Å². The predicted molar refractivity (Wildman–Crippen MR) is 85.3 cm³/mol. The maximum atomic E-state index is 12.9. The van der Waals surface area contributed by atoms with Crippen LogP contribution in [-0.2, 0) is 17.8 Å². The van der Waals surface area contributed by atoms with Gasteiger partial charge in [0.05, 0.1) is 12.3 Å². The van der Waals surface area contributed by atoms with Crippen LogP contribution in [0.4, 0.5) is 5.69 Å². The van der Waals surface area contributed by atoms with E-state index in [1.807, 2.05) is 38.2 Å². The molecule has 0 saturated heterocycles. The molecular weight excluding hydrogens is 294 g/mol. The first-order valence-electron chi connectivity index (χ1n) is 7.95. The van der Waals surface area contributed by atoms with E-state index in [1.165, 1.54) is 0 Å². The van der Waals surface area contributed by atoms with Crippen molar-refractivity contribution < 1.29 is 9.53 Å². The fourth-order valence-electron chi connectivity index (χ4n) is 2.95. The van der Waals surface area contributed by atoms with E-state index in [-0.39, 0.29) is 11.8 Å². The summed E-state index contributed by atoms with van der Waals surface area (Å²) in [6.07, 6.45) is 2.24. The maximum Gasteiger partial charge on any atom is 0.230 e. The van der Waals surface area contributed by atoms with Gasteiger partial charge < -0.3 is 9.64 Å². The number of nitrogens with zero attached hydrogens (tertiary/aromatic N) is 5. The van der Waals surface area contributed by atoms with Crippen LogP contribution in [0.2, 0.25) is 0 Å². The zero-order valence-electron chi connectivity index (χ0n) is 13.5. The Bertz CT molecular complexity index is 662. The Hall–Kier alpha value is -2.44. The zero-order chi connectivity index (χ0) is 16.2. The number of para-hydroxylation sites is 2. The number of aryl methyl sites for hydroxylation is 2. The molecule has 1 aromatic heterocycles. The molecule has 0 bridgehead atoms. The van der Waals surface area contributed by atoms with Crippen LogP contribution in [0.15, 0.2) is 24.3 Å². The molecule has 7 nitrogen and oxygen atoms in total. The lowest BCUT2D eigenvalue weighted by Gasteiger charge is -2.24. The third kappa shape index (κ3) is 3.18. The summed E-state index contributed by atoms with van der Waals surface area (Å²) in [7, 11) is 1.81. The standard InChI is InChI=1S/C16H21N5O2/c1-3-23-14-7-5-4-6-13(14)20(2)16(22)12-8-9-15-17-18-19-21(15)11-10-12/h4-7,12H,3,8-11H2,1-2H3. The number of tetrazole rings is 1. The number of ether oxygens (including phenoxy) is 1. The number of hydrogen-bond donors (Lipinski definition) is 0. The Morgan fingerprint density at radius 3 is 3.04 bits per heavy atom. The highest BCUT2D eigenvalue weighted by Crippen LogP contribution is 2.30. The number of rotatable bonds is 4. The van der Waals surface area contributed by atoms with Gasteiger partial charge in [0.1, 0.15) is 5.75 Å². The molecule has 1 amide bonds. The molecule has 0 N–H and O–H groups in total. The summed E-state index contributed by atoms with van der Waals surface area (Å²) in [6, 6.07) is 7.63. The van der Waals surface area contributed by atoms with Gasteiger partial charge in [0.15, 0.2) is 5.82 Å². The number of amides is 1. The highest BCUT2D eigenvalue weighted by Gasteiger charge is 2.27. The van der Waals surface area contributed by atoms with Crippen molar-refractivity contribution in [2.24, 2.45) is 5.92 Å². The smallest absolute Gasteiger partial charge is 0.230 e. The molecule has 1 unspecified atom stereocenters. The number of hydrogen-bond acceptors (Lipinski definition) is 5. The second-order valence-electron chi connectivity index (χ2n) is 5.64. The Morgan fingerprint density at radius 1 is 1.39 bits per heavy atom. The second-order valence-corrected chi connectivity index (χ2v) is 5.64. The predicted octanol–water partition coefficient (Wildman–Crippen LogP) is 1.69. The number of carbonyl (C=O) groups excluding carboxylic acids is 1. The summed E-state index contributed by atoms with van der Waals surface area (Å²) in [6.45, 7) is 3.19. The lowest BCUT2D eigenvalue weighted by Crippen LogP contribution is -2.33. The van der Waals surface area contributed by atoms with E-state index in [0.29, 0.717) is 13.2 Å². The van der Waals surface area contributed by atoms with Crippen LogP contribution in [-0.4, -0.2) is 39.8 Å². The average Bonchev–Trinajstić information content (AvgIpc) is 2.93. The summed E-state index contributed by atoms with van der Waals surface area (Å²) in [4.78, 5) is 14.6. The molecule has 0 spiro atoms. The van der Waals surface area contributed by atoms with Gasteiger partial charge in [-0.15, -0.1) is 5.10 Å². The lowest BCUT2D eigenvalue weighted by atomic mass is 9.98. The van der Waals surface area contributed by atoms with Crippen molar-refractivity contribution in [3.05, 3.63) is 30.1 Å². The van der Waals surface area contributed by atoms with E-state index >= 15 is 0 Å². The van der Waals surface area contributed by atoms with Crippen molar-refractivity contribution in [2.45, 2.75) is 32.7 Å². The molecule has 23 heavy (non-hydrogen) atoms. The fourth-order valence-corrected chi connectivity index (χ4v) is 2.95. The third-order valence-corrected chi connectivity index (χ3v) is 4.22. The molecule has 1 atom stereocenters. The van der Waals surface area contributed by atoms with E-state index in [0.717, 1.165) is 36.5 Å². The highest BCUT2D eigenvalue weighted by molar-refractivity contribution is 5.95. The largest absolute Gasteiger partial charge is 0.492 e. The molecule has 2 heterocycles. The molecular formula is C16H21N5O2. The molecule has 0 aliphatic carbocycles. The zero-order valence-corrected chi connectivity index (χ0v) is 13.5. The fraction of sp³-hybridized carbons (Fsp3) is 0.500. The minimum atomic E-state index is -0.0433. The number of benzene rings is 1. The Balaban J connectivity index is 1.74. The molecule has 3 rings (SSSR count). The summed E-state index contributed by atoms with van der Waals surface area (Å²) < 4.78 is 7.43. The maximum absolute atomic E-state index is 12.9. The van der Waals surface area contributed by atoms with Crippen LogP contribution in [0.1, 0.15) is 25.6 Å². The first kappa shape index (κ1) is 15.5. The first-order valence-corrected chi connectivity index (χ1v) is 7.95. The first-order chi connectivity index (χ1) is 11.2. The van der Waals surface area contributed by atoms with Crippen LogP contribution in [0.3, 0.4) is 0 Å². The SMILES string of the molecule is CCOc1ccccc1N(C)C(=O)C1CCc2nnnn2CC1. The van der Waals surface area contributed by atoms with Gasteiger partial charge in [0.25, 0.3) is 0 Å². The summed E-state index contributed by atoms with van der Waals surface area (Å²) >= 11 is 0. The van der Waals surface area contributed by atoms with Gasteiger partial charge in [0.2, 0.25) is 5.91 Å². The van der Waals surface area contributed by atoms with Crippen LogP contribution in [0.25, 0.3) is 0 Å². The lowest BCUT2D eigenvalue weighted by molar-refractivity contribution is -0.122. The van der Waals surface area contributed by atoms with Gasteiger partial charge in [-0.1, -0.05) is 12.1 Å².